The Balaban J connectivity index is 2.19. The van der Waals surface area contributed by atoms with Crippen molar-refractivity contribution in [2.24, 2.45) is 5.92 Å². The summed E-state index contributed by atoms with van der Waals surface area (Å²) in [5, 5.41) is 2.11. The number of ether oxygens (including phenoxy) is 3. The zero-order valence-electron chi connectivity index (χ0n) is 14.1. The van der Waals surface area contributed by atoms with E-state index in [4.69, 9.17) is 25.8 Å². The number of alkyl halides is 1. The molecule has 3 nitrogen and oxygen atoms in total. The fraction of sp³-hybridized carbons (Fsp3) is 0.474. The third kappa shape index (κ3) is 4.93. The van der Waals surface area contributed by atoms with E-state index in [1.807, 2.05) is 30.3 Å². The van der Waals surface area contributed by atoms with Crippen molar-refractivity contribution in [2.75, 3.05) is 26.2 Å². The van der Waals surface area contributed by atoms with Gasteiger partial charge in [-0.25, -0.2) is 0 Å². The SMILES string of the molecule is COc1c(OCCCCCl)ccc2cc(OCC(C)C)ccc12. The molecule has 0 amide bonds. The van der Waals surface area contributed by atoms with Gasteiger partial charge in [0.1, 0.15) is 5.75 Å². The van der Waals surface area contributed by atoms with Gasteiger partial charge in [0.15, 0.2) is 11.5 Å². The van der Waals surface area contributed by atoms with E-state index in [1.165, 1.54) is 0 Å². The molecule has 0 N–H and O–H groups in total. The fourth-order valence-corrected chi connectivity index (χ4v) is 2.50. The first-order valence-electron chi connectivity index (χ1n) is 8.08. The summed E-state index contributed by atoms with van der Waals surface area (Å²) in [5.74, 6) is 3.58. The number of fused-ring (bicyclic) bond motifs is 1. The molecule has 0 radical (unpaired) electrons. The van der Waals surface area contributed by atoms with E-state index in [1.54, 1.807) is 7.11 Å². The summed E-state index contributed by atoms with van der Waals surface area (Å²) in [6.07, 6.45) is 1.89. The maximum Gasteiger partial charge on any atom is 0.168 e. The molecule has 0 atom stereocenters. The van der Waals surface area contributed by atoms with Crippen molar-refractivity contribution in [1.29, 1.82) is 0 Å². The molecule has 2 rings (SSSR count). The van der Waals surface area contributed by atoms with Crippen molar-refractivity contribution in [1.82, 2.24) is 0 Å². The number of methoxy groups -OCH3 is 1. The van der Waals surface area contributed by atoms with Gasteiger partial charge in [-0.1, -0.05) is 19.9 Å². The number of hydrogen-bond donors (Lipinski definition) is 0. The van der Waals surface area contributed by atoms with Gasteiger partial charge < -0.3 is 14.2 Å². The molecule has 0 aromatic heterocycles. The number of unbranched alkanes of at least 4 members (excludes halogenated alkanes) is 1. The second-order valence-electron chi connectivity index (χ2n) is 5.93. The fourth-order valence-electron chi connectivity index (χ4n) is 2.31. The van der Waals surface area contributed by atoms with E-state index in [2.05, 4.69) is 13.8 Å². The van der Waals surface area contributed by atoms with Crippen LogP contribution in [0.1, 0.15) is 26.7 Å². The molecule has 0 heterocycles. The minimum Gasteiger partial charge on any atom is -0.493 e. The molecular weight excluding hydrogens is 312 g/mol. The van der Waals surface area contributed by atoms with Gasteiger partial charge in [-0.05, 0) is 48.4 Å². The number of halogens is 1. The van der Waals surface area contributed by atoms with E-state index in [9.17, 15) is 0 Å². The third-order valence-electron chi connectivity index (χ3n) is 3.48. The van der Waals surface area contributed by atoms with Gasteiger partial charge in [-0.15, -0.1) is 11.6 Å². The third-order valence-corrected chi connectivity index (χ3v) is 3.75. The first-order chi connectivity index (χ1) is 11.2. The Morgan fingerprint density at radius 1 is 1.04 bits per heavy atom. The van der Waals surface area contributed by atoms with Crippen LogP contribution in [0.25, 0.3) is 10.8 Å². The molecule has 23 heavy (non-hydrogen) atoms. The Labute approximate surface area is 143 Å². The molecule has 4 heteroatoms. The summed E-state index contributed by atoms with van der Waals surface area (Å²) >= 11 is 5.69. The molecule has 0 spiro atoms. The molecule has 126 valence electrons. The lowest BCUT2D eigenvalue weighted by Crippen LogP contribution is -2.04. The molecule has 2 aromatic rings. The van der Waals surface area contributed by atoms with Crippen LogP contribution in [0.2, 0.25) is 0 Å². The number of hydrogen-bond acceptors (Lipinski definition) is 3. The Morgan fingerprint density at radius 3 is 2.57 bits per heavy atom. The van der Waals surface area contributed by atoms with Gasteiger partial charge in [0.2, 0.25) is 0 Å². The van der Waals surface area contributed by atoms with Crippen molar-refractivity contribution in [2.45, 2.75) is 26.7 Å². The van der Waals surface area contributed by atoms with Crippen LogP contribution in [0, 0.1) is 5.92 Å². The summed E-state index contributed by atoms with van der Waals surface area (Å²) in [7, 11) is 1.67. The van der Waals surface area contributed by atoms with Crippen LogP contribution in [0.4, 0.5) is 0 Å². The van der Waals surface area contributed by atoms with Crippen molar-refractivity contribution >= 4 is 22.4 Å². The molecule has 0 bridgehead atoms. The van der Waals surface area contributed by atoms with Gasteiger partial charge in [-0.2, -0.15) is 0 Å². The van der Waals surface area contributed by atoms with Crippen molar-refractivity contribution in [3.8, 4) is 17.2 Å². The first-order valence-corrected chi connectivity index (χ1v) is 8.61. The maximum absolute atomic E-state index is 5.83. The highest BCUT2D eigenvalue weighted by Crippen LogP contribution is 2.37. The van der Waals surface area contributed by atoms with Gasteiger partial charge in [-0.3, -0.25) is 0 Å². The minimum absolute atomic E-state index is 0.504. The van der Waals surface area contributed by atoms with Gasteiger partial charge in [0.25, 0.3) is 0 Å². The van der Waals surface area contributed by atoms with E-state index >= 15 is 0 Å². The summed E-state index contributed by atoms with van der Waals surface area (Å²) < 4.78 is 17.2. The highest BCUT2D eigenvalue weighted by molar-refractivity contribution is 6.17. The quantitative estimate of drug-likeness (QED) is 0.460. The molecule has 0 aliphatic carbocycles. The summed E-state index contributed by atoms with van der Waals surface area (Å²) in [4.78, 5) is 0. The topological polar surface area (TPSA) is 27.7 Å². The van der Waals surface area contributed by atoms with Crippen LogP contribution in [-0.2, 0) is 0 Å². The Morgan fingerprint density at radius 2 is 1.87 bits per heavy atom. The zero-order chi connectivity index (χ0) is 16.7. The second-order valence-corrected chi connectivity index (χ2v) is 6.31. The first kappa shape index (κ1) is 17.7. The average molecular weight is 337 g/mol. The highest BCUT2D eigenvalue weighted by Gasteiger charge is 2.10. The van der Waals surface area contributed by atoms with E-state index in [0.717, 1.165) is 40.9 Å². The van der Waals surface area contributed by atoms with Crippen LogP contribution in [0.3, 0.4) is 0 Å². The average Bonchev–Trinajstić information content (AvgIpc) is 2.56. The normalized spacial score (nSPS) is 11.0. The lowest BCUT2D eigenvalue weighted by Gasteiger charge is -2.14. The van der Waals surface area contributed by atoms with Crippen LogP contribution < -0.4 is 14.2 Å². The smallest absolute Gasteiger partial charge is 0.168 e. The standard InChI is InChI=1S/C19H25ClO3/c1-14(2)13-23-16-7-8-17-15(12-16)6-9-18(19(17)21-3)22-11-5-4-10-20/h6-9,12,14H,4-5,10-11,13H2,1-3H3. The van der Waals surface area contributed by atoms with Gasteiger partial charge in [0.05, 0.1) is 20.3 Å². The van der Waals surface area contributed by atoms with E-state index in [-0.39, 0.29) is 0 Å². The second kappa shape index (κ2) is 8.88. The van der Waals surface area contributed by atoms with E-state index < -0.39 is 0 Å². The Hall–Kier alpha value is -1.61. The van der Waals surface area contributed by atoms with Crippen LogP contribution in [0.15, 0.2) is 30.3 Å². The molecule has 0 aliphatic heterocycles. The molecule has 0 saturated heterocycles. The lowest BCUT2D eigenvalue weighted by atomic mass is 10.1. The predicted octanol–water partition coefficient (Wildman–Crippen LogP) is 5.28. The molecule has 0 unspecified atom stereocenters. The van der Waals surface area contributed by atoms with Gasteiger partial charge in [0, 0.05) is 11.3 Å². The number of rotatable bonds is 9. The van der Waals surface area contributed by atoms with Crippen molar-refractivity contribution < 1.29 is 14.2 Å². The Bertz CT molecular complexity index is 625. The largest absolute Gasteiger partial charge is 0.493 e. The Kier molecular flexibility index (Phi) is 6.85. The van der Waals surface area contributed by atoms with E-state index in [0.29, 0.717) is 25.0 Å². The van der Waals surface area contributed by atoms with Crippen molar-refractivity contribution in [3.05, 3.63) is 30.3 Å². The predicted molar refractivity (Wildman–Crippen MR) is 96.3 cm³/mol. The molecule has 2 aromatic carbocycles. The monoisotopic (exact) mass is 336 g/mol. The zero-order valence-corrected chi connectivity index (χ0v) is 14.9. The maximum atomic E-state index is 5.83. The van der Waals surface area contributed by atoms with Crippen LogP contribution >= 0.6 is 11.6 Å². The van der Waals surface area contributed by atoms with Crippen LogP contribution in [0.5, 0.6) is 17.2 Å². The number of benzene rings is 2. The minimum atomic E-state index is 0.504. The van der Waals surface area contributed by atoms with Crippen LogP contribution in [-0.4, -0.2) is 26.2 Å². The summed E-state index contributed by atoms with van der Waals surface area (Å²) in [5.41, 5.74) is 0. The molecule has 0 aliphatic rings. The lowest BCUT2D eigenvalue weighted by molar-refractivity contribution is 0.271. The van der Waals surface area contributed by atoms with Crippen molar-refractivity contribution in [3.63, 3.8) is 0 Å². The molecule has 0 fully saturated rings. The summed E-state index contributed by atoms with van der Waals surface area (Å²) in [6, 6.07) is 10.0. The highest BCUT2D eigenvalue weighted by atomic mass is 35.5. The summed E-state index contributed by atoms with van der Waals surface area (Å²) in [6.45, 7) is 5.63. The molecule has 0 saturated carbocycles. The molecular formula is C19H25ClO3. The van der Waals surface area contributed by atoms with Gasteiger partial charge >= 0.3 is 0 Å².